The van der Waals surface area contributed by atoms with Gasteiger partial charge in [-0.1, -0.05) is 6.08 Å². The van der Waals surface area contributed by atoms with Gasteiger partial charge in [0.1, 0.15) is 0 Å². The third-order valence-electron chi connectivity index (χ3n) is 0.524. The molecule has 0 fully saturated rings. The summed E-state index contributed by atoms with van der Waals surface area (Å²) in [5.41, 5.74) is 0. The first-order valence-corrected chi connectivity index (χ1v) is 3.59. The summed E-state index contributed by atoms with van der Waals surface area (Å²) in [7, 11) is 0. The smallest absolute Gasteiger partial charge is 0.435 e. The molecule has 66 valence electrons. The Balaban J connectivity index is 0. The Morgan fingerprint density at radius 3 is 1.82 bits per heavy atom. The summed E-state index contributed by atoms with van der Waals surface area (Å²) in [5, 5.41) is 0. The van der Waals surface area contributed by atoms with Gasteiger partial charge in [-0.3, -0.25) is 0 Å². The van der Waals surface area contributed by atoms with E-state index < -0.39 is 6.16 Å². The molecule has 0 radical (unpaired) electrons. The molecule has 3 heteroatoms. The van der Waals surface area contributed by atoms with Gasteiger partial charge in [0.2, 0.25) is 0 Å². The van der Waals surface area contributed by atoms with E-state index in [2.05, 4.69) is 16.1 Å². The van der Waals surface area contributed by atoms with Gasteiger partial charge in [-0.25, -0.2) is 4.79 Å². The van der Waals surface area contributed by atoms with Crippen molar-refractivity contribution in [1.29, 1.82) is 0 Å². The van der Waals surface area contributed by atoms with Gasteiger partial charge < -0.3 is 9.47 Å². The van der Waals surface area contributed by atoms with Crippen LogP contribution in [0.5, 0.6) is 0 Å². The molecule has 0 aromatic heterocycles. The van der Waals surface area contributed by atoms with Crippen LogP contribution in [-0.2, 0) is 9.47 Å². The minimum absolute atomic E-state index is 0.374. The molecule has 0 spiro atoms. The molecule has 0 unspecified atom stereocenters. The summed E-state index contributed by atoms with van der Waals surface area (Å²) in [6, 6.07) is 0. The van der Waals surface area contributed by atoms with Crippen molar-refractivity contribution < 1.29 is 14.3 Å². The molecule has 11 heavy (non-hydrogen) atoms. The van der Waals surface area contributed by atoms with E-state index in [1.54, 1.807) is 19.9 Å². The van der Waals surface area contributed by atoms with E-state index in [0.29, 0.717) is 13.2 Å². The molecule has 0 aliphatic rings. The molecule has 0 heterocycles. The zero-order valence-corrected chi connectivity index (χ0v) is 7.42. The average Bonchev–Trinajstić information content (AvgIpc) is 1.90. The minimum Gasteiger partial charge on any atom is -0.435 e. The van der Waals surface area contributed by atoms with E-state index in [4.69, 9.17) is 0 Å². The van der Waals surface area contributed by atoms with Gasteiger partial charge in [-0.05, 0) is 20.8 Å². The lowest BCUT2D eigenvalue weighted by Gasteiger charge is -1.98. The maximum absolute atomic E-state index is 10.2. The van der Waals surface area contributed by atoms with Crippen molar-refractivity contribution in [3.63, 3.8) is 0 Å². The van der Waals surface area contributed by atoms with E-state index in [1.807, 2.05) is 6.92 Å². The van der Waals surface area contributed by atoms with E-state index in [1.165, 1.54) is 0 Å². The Hall–Kier alpha value is -0.990. The second-order valence-electron chi connectivity index (χ2n) is 1.52. The Labute approximate surface area is 68.0 Å². The predicted octanol–water partition coefficient (Wildman–Crippen LogP) is 2.37. The van der Waals surface area contributed by atoms with Gasteiger partial charge in [0.25, 0.3) is 0 Å². The highest BCUT2D eigenvalue weighted by molar-refractivity contribution is 5.59. The molecule has 0 aromatic carbocycles. The van der Waals surface area contributed by atoms with E-state index in [9.17, 15) is 4.79 Å². The van der Waals surface area contributed by atoms with Gasteiger partial charge in [-0.15, -0.1) is 6.58 Å². The van der Waals surface area contributed by atoms with Crippen molar-refractivity contribution in [2.24, 2.45) is 0 Å². The number of carbonyl (C=O) groups is 1. The van der Waals surface area contributed by atoms with Crippen LogP contribution in [-0.4, -0.2) is 19.4 Å². The van der Waals surface area contributed by atoms with Crippen LogP contribution in [0.2, 0.25) is 0 Å². The quantitative estimate of drug-likeness (QED) is 0.459. The standard InChI is InChI=1S/C5H10O3.C3H6/c1-3-7-5(6)8-4-2;1-3-2/h3-4H2,1-2H3;3H,1H2,2H3. The normalized spacial score (nSPS) is 7.18. The van der Waals surface area contributed by atoms with Gasteiger partial charge in [0, 0.05) is 0 Å². The average molecular weight is 160 g/mol. The number of allylic oxidation sites excluding steroid dienone is 1. The monoisotopic (exact) mass is 160 g/mol. The van der Waals surface area contributed by atoms with Crippen molar-refractivity contribution in [2.45, 2.75) is 20.8 Å². The SMILES string of the molecule is C=CC.CCOC(=O)OCC. The van der Waals surface area contributed by atoms with Crippen molar-refractivity contribution in [3.8, 4) is 0 Å². The number of rotatable bonds is 2. The summed E-state index contributed by atoms with van der Waals surface area (Å²) in [6.07, 6.45) is 1.16. The van der Waals surface area contributed by atoms with Gasteiger partial charge in [0.05, 0.1) is 13.2 Å². The fourth-order valence-corrected chi connectivity index (χ4v) is 0.277. The number of ether oxygens (including phenoxy) is 2. The maximum Gasteiger partial charge on any atom is 0.508 e. The molecule has 0 aliphatic carbocycles. The summed E-state index contributed by atoms with van der Waals surface area (Å²) in [5.74, 6) is 0. The molecule has 0 N–H and O–H groups in total. The Kier molecular flexibility index (Phi) is 13.5. The molecular formula is C8H16O3. The fraction of sp³-hybridized carbons (Fsp3) is 0.625. The lowest BCUT2D eigenvalue weighted by atomic mass is 10.8. The van der Waals surface area contributed by atoms with Gasteiger partial charge in [0.15, 0.2) is 0 Å². The second-order valence-corrected chi connectivity index (χ2v) is 1.52. The van der Waals surface area contributed by atoms with Crippen LogP contribution in [0.15, 0.2) is 12.7 Å². The van der Waals surface area contributed by atoms with Crippen molar-refractivity contribution in [2.75, 3.05) is 13.2 Å². The predicted molar refractivity (Wildman–Crippen MR) is 44.5 cm³/mol. The van der Waals surface area contributed by atoms with Gasteiger partial charge in [-0.2, -0.15) is 0 Å². The Morgan fingerprint density at radius 2 is 1.64 bits per heavy atom. The molecular weight excluding hydrogens is 144 g/mol. The van der Waals surface area contributed by atoms with Gasteiger partial charge >= 0.3 is 6.16 Å². The molecule has 0 amide bonds. The highest BCUT2D eigenvalue weighted by atomic mass is 16.7. The first-order valence-electron chi connectivity index (χ1n) is 3.59. The summed E-state index contributed by atoms with van der Waals surface area (Å²) < 4.78 is 8.84. The zero-order valence-electron chi connectivity index (χ0n) is 7.42. The van der Waals surface area contributed by atoms with Crippen LogP contribution in [0.3, 0.4) is 0 Å². The van der Waals surface area contributed by atoms with Crippen molar-refractivity contribution in [1.82, 2.24) is 0 Å². The molecule has 0 saturated carbocycles. The molecule has 0 atom stereocenters. The van der Waals surface area contributed by atoms with E-state index >= 15 is 0 Å². The van der Waals surface area contributed by atoms with Crippen LogP contribution in [0, 0.1) is 0 Å². The number of hydrogen-bond donors (Lipinski definition) is 0. The van der Waals surface area contributed by atoms with Crippen LogP contribution < -0.4 is 0 Å². The van der Waals surface area contributed by atoms with Crippen molar-refractivity contribution in [3.05, 3.63) is 12.7 Å². The minimum atomic E-state index is -0.588. The molecule has 0 bridgehead atoms. The van der Waals surface area contributed by atoms with Crippen LogP contribution in [0.25, 0.3) is 0 Å². The lowest BCUT2D eigenvalue weighted by Crippen LogP contribution is -2.05. The van der Waals surface area contributed by atoms with Crippen LogP contribution >= 0.6 is 0 Å². The largest absolute Gasteiger partial charge is 0.508 e. The number of carbonyl (C=O) groups excluding carboxylic acids is 1. The first-order chi connectivity index (χ1) is 5.22. The third-order valence-corrected chi connectivity index (χ3v) is 0.524. The van der Waals surface area contributed by atoms with Crippen LogP contribution in [0.4, 0.5) is 4.79 Å². The highest BCUT2D eigenvalue weighted by Crippen LogP contribution is 1.81. The number of hydrogen-bond acceptors (Lipinski definition) is 3. The molecule has 0 aliphatic heterocycles. The lowest BCUT2D eigenvalue weighted by molar-refractivity contribution is 0.0630. The molecule has 0 aromatic rings. The first kappa shape index (κ1) is 12.7. The zero-order chi connectivity index (χ0) is 9.11. The Morgan fingerprint density at radius 1 is 1.36 bits per heavy atom. The van der Waals surface area contributed by atoms with Crippen molar-refractivity contribution >= 4 is 6.16 Å². The molecule has 0 saturated heterocycles. The summed E-state index contributed by atoms with van der Waals surface area (Å²) in [4.78, 5) is 10.2. The fourth-order valence-electron chi connectivity index (χ4n) is 0.277. The summed E-state index contributed by atoms with van der Waals surface area (Å²) in [6.45, 7) is 9.46. The Bertz CT molecular complexity index is 91.5. The molecule has 0 rings (SSSR count). The third kappa shape index (κ3) is 17.6. The van der Waals surface area contributed by atoms with E-state index in [0.717, 1.165) is 0 Å². The maximum atomic E-state index is 10.2. The van der Waals surface area contributed by atoms with Crippen LogP contribution in [0.1, 0.15) is 20.8 Å². The topological polar surface area (TPSA) is 35.5 Å². The molecule has 3 nitrogen and oxygen atoms in total. The highest BCUT2D eigenvalue weighted by Gasteiger charge is 1.96. The summed E-state index contributed by atoms with van der Waals surface area (Å²) >= 11 is 0. The van der Waals surface area contributed by atoms with E-state index in [-0.39, 0.29) is 0 Å². The second kappa shape index (κ2) is 11.8.